The summed E-state index contributed by atoms with van der Waals surface area (Å²) in [6.07, 6.45) is 3.55. The van der Waals surface area contributed by atoms with Gasteiger partial charge in [0, 0.05) is 31.3 Å². The van der Waals surface area contributed by atoms with E-state index in [0.717, 1.165) is 45.4 Å². The summed E-state index contributed by atoms with van der Waals surface area (Å²) in [5.74, 6) is 1.25. The average Bonchev–Trinajstić information content (AvgIpc) is 2.89. The Kier molecular flexibility index (Phi) is 7.98. The summed E-state index contributed by atoms with van der Waals surface area (Å²) in [6.45, 7) is 4.06. The van der Waals surface area contributed by atoms with Crippen molar-refractivity contribution >= 4 is 5.91 Å². The second-order valence-electron chi connectivity index (χ2n) is 6.34. The second-order valence-corrected chi connectivity index (χ2v) is 6.34. The van der Waals surface area contributed by atoms with Gasteiger partial charge in [-0.1, -0.05) is 0 Å². The average molecular weight is 352 g/mol. The SMILES string of the molecule is COc1cc(OC)cc(C(=O)N2CCCN(CCCCCF)CC2)c1. The molecule has 2 rings (SSSR count). The molecule has 0 N–H and O–H groups in total. The largest absolute Gasteiger partial charge is 0.497 e. The van der Waals surface area contributed by atoms with Gasteiger partial charge in [0.05, 0.1) is 20.9 Å². The minimum absolute atomic E-state index is 0.0106. The zero-order chi connectivity index (χ0) is 18.1. The maximum Gasteiger partial charge on any atom is 0.254 e. The number of rotatable bonds is 8. The normalized spacial score (nSPS) is 15.7. The predicted octanol–water partition coefficient (Wildman–Crippen LogP) is 2.99. The third kappa shape index (κ3) is 5.88. The maximum absolute atomic E-state index is 12.8. The molecule has 0 spiro atoms. The lowest BCUT2D eigenvalue weighted by molar-refractivity contribution is 0.0760. The van der Waals surface area contributed by atoms with Crippen LogP contribution < -0.4 is 9.47 Å². The minimum atomic E-state index is -0.230. The number of carbonyl (C=O) groups excluding carboxylic acids is 1. The summed E-state index contributed by atoms with van der Waals surface area (Å²) >= 11 is 0. The van der Waals surface area contributed by atoms with Gasteiger partial charge in [0.25, 0.3) is 5.91 Å². The molecular formula is C19H29FN2O3. The molecule has 5 nitrogen and oxygen atoms in total. The molecule has 0 unspecified atom stereocenters. The first-order valence-electron chi connectivity index (χ1n) is 8.98. The molecule has 0 atom stereocenters. The van der Waals surface area contributed by atoms with Gasteiger partial charge in [0.2, 0.25) is 0 Å². The Morgan fingerprint density at radius 2 is 1.72 bits per heavy atom. The Morgan fingerprint density at radius 1 is 1.00 bits per heavy atom. The van der Waals surface area contributed by atoms with Crippen LogP contribution in [0.3, 0.4) is 0 Å². The Bertz CT molecular complexity index is 531. The molecule has 1 aliphatic rings. The van der Waals surface area contributed by atoms with Crippen LogP contribution in [0, 0.1) is 0 Å². The topological polar surface area (TPSA) is 42.0 Å². The van der Waals surface area contributed by atoms with Crippen molar-refractivity contribution in [1.82, 2.24) is 9.80 Å². The first-order chi connectivity index (χ1) is 12.2. The standard InChI is InChI=1S/C19H29FN2O3/c1-24-17-13-16(14-18(15-17)25-2)19(23)22-10-6-9-21(11-12-22)8-5-3-4-7-20/h13-15H,3-12H2,1-2H3. The van der Waals surface area contributed by atoms with E-state index in [1.54, 1.807) is 32.4 Å². The molecule has 140 valence electrons. The fourth-order valence-corrected chi connectivity index (χ4v) is 3.12. The molecule has 1 fully saturated rings. The van der Waals surface area contributed by atoms with Gasteiger partial charge in [-0.2, -0.15) is 0 Å². The van der Waals surface area contributed by atoms with Crippen LogP contribution in [0.4, 0.5) is 4.39 Å². The van der Waals surface area contributed by atoms with E-state index in [-0.39, 0.29) is 12.6 Å². The molecule has 0 aliphatic carbocycles. The molecule has 0 bridgehead atoms. The van der Waals surface area contributed by atoms with Crippen molar-refractivity contribution in [2.45, 2.75) is 25.7 Å². The van der Waals surface area contributed by atoms with Crippen LogP contribution in [0.15, 0.2) is 18.2 Å². The highest BCUT2D eigenvalue weighted by Gasteiger charge is 2.21. The number of amides is 1. The number of hydrogen-bond donors (Lipinski definition) is 0. The van der Waals surface area contributed by atoms with Crippen LogP contribution in [0.1, 0.15) is 36.0 Å². The van der Waals surface area contributed by atoms with Gasteiger partial charge in [-0.15, -0.1) is 0 Å². The number of benzene rings is 1. The third-order valence-electron chi connectivity index (χ3n) is 4.58. The number of alkyl halides is 1. The van der Waals surface area contributed by atoms with Crippen LogP contribution in [0.2, 0.25) is 0 Å². The van der Waals surface area contributed by atoms with Crippen LogP contribution >= 0.6 is 0 Å². The number of unbranched alkanes of at least 4 members (excludes halogenated alkanes) is 2. The Hall–Kier alpha value is -1.82. The highest BCUT2D eigenvalue weighted by atomic mass is 19.1. The lowest BCUT2D eigenvalue weighted by Gasteiger charge is -2.22. The molecular weight excluding hydrogens is 323 g/mol. The number of methoxy groups -OCH3 is 2. The van der Waals surface area contributed by atoms with Gasteiger partial charge in [-0.05, 0) is 50.9 Å². The van der Waals surface area contributed by atoms with E-state index in [1.165, 1.54) is 0 Å². The smallest absolute Gasteiger partial charge is 0.254 e. The van der Waals surface area contributed by atoms with E-state index >= 15 is 0 Å². The van der Waals surface area contributed by atoms with Gasteiger partial charge < -0.3 is 19.3 Å². The zero-order valence-electron chi connectivity index (χ0n) is 15.3. The highest BCUT2D eigenvalue weighted by molar-refractivity contribution is 5.95. The van der Waals surface area contributed by atoms with Gasteiger partial charge in [-0.25, -0.2) is 0 Å². The summed E-state index contributed by atoms with van der Waals surface area (Å²) in [7, 11) is 3.16. The van der Waals surface area contributed by atoms with E-state index in [1.807, 2.05) is 4.90 Å². The molecule has 1 aromatic rings. The number of carbonyl (C=O) groups is 1. The van der Waals surface area contributed by atoms with Crippen molar-refractivity contribution < 1.29 is 18.7 Å². The monoisotopic (exact) mass is 352 g/mol. The summed E-state index contributed by atoms with van der Waals surface area (Å²) in [5, 5.41) is 0. The van der Waals surface area contributed by atoms with Gasteiger partial charge in [0.1, 0.15) is 11.5 Å². The van der Waals surface area contributed by atoms with Crippen molar-refractivity contribution in [3.63, 3.8) is 0 Å². The van der Waals surface area contributed by atoms with Crippen molar-refractivity contribution in [1.29, 1.82) is 0 Å². The molecule has 0 radical (unpaired) electrons. The fourth-order valence-electron chi connectivity index (χ4n) is 3.12. The minimum Gasteiger partial charge on any atom is -0.497 e. The van der Waals surface area contributed by atoms with Crippen LogP contribution in [0.25, 0.3) is 0 Å². The Morgan fingerprint density at radius 3 is 2.36 bits per heavy atom. The molecule has 1 aromatic carbocycles. The van der Waals surface area contributed by atoms with Crippen molar-refractivity contribution in [2.24, 2.45) is 0 Å². The summed E-state index contributed by atoms with van der Waals surface area (Å²) in [5.41, 5.74) is 0.590. The van der Waals surface area contributed by atoms with E-state index < -0.39 is 0 Å². The second kappa shape index (κ2) is 10.2. The predicted molar refractivity (Wildman–Crippen MR) is 96.3 cm³/mol. The molecule has 1 heterocycles. The Balaban J connectivity index is 1.94. The number of nitrogens with zero attached hydrogens (tertiary/aromatic N) is 2. The summed E-state index contributed by atoms with van der Waals surface area (Å²) < 4.78 is 22.7. The first-order valence-corrected chi connectivity index (χ1v) is 8.98. The molecule has 1 amide bonds. The van der Waals surface area contributed by atoms with Crippen molar-refractivity contribution in [3.05, 3.63) is 23.8 Å². The van der Waals surface area contributed by atoms with Crippen molar-refractivity contribution in [2.75, 3.05) is 53.6 Å². The molecule has 1 aliphatic heterocycles. The molecule has 0 saturated carbocycles. The number of halogens is 1. The highest BCUT2D eigenvalue weighted by Crippen LogP contribution is 2.23. The number of ether oxygens (including phenoxy) is 2. The van der Waals surface area contributed by atoms with Gasteiger partial charge in [-0.3, -0.25) is 9.18 Å². The van der Waals surface area contributed by atoms with Crippen LogP contribution in [-0.4, -0.2) is 69.3 Å². The molecule has 25 heavy (non-hydrogen) atoms. The maximum atomic E-state index is 12.8. The summed E-state index contributed by atoms with van der Waals surface area (Å²) in [4.78, 5) is 17.1. The Labute approximate surface area is 149 Å². The summed E-state index contributed by atoms with van der Waals surface area (Å²) in [6, 6.07) is 5.27. The van der Waals surface area contributed by atoms with E-state index in [2.05, 4.69) is 4.90 Å². The van der Waals surface area contributed by atoms with Gasteiger partial charge in [0.15, 0.2) is 0 Å². The van der Waals surface area contributed by atoms with E-state index in [9.17, 15) is 9.18 Å². The zero-order valence-corrected chi connectivity index (χ0v) is 15.3. The van der Waals surface area contributed by atoms with Crippen molar-refractivity contribution in [3.8, 4) is 11.5 Å². The van der Waals surface area contributed by atoms with Gasteiger partial charge >= 0.3 is 0 Å². The van der Waals surface area contributed by atoms with E-state index in [4.69, 9.17) is 9.47 Å². The van der Waals surface area contributed by atoms with E-state index in [0.29, 0.717) is 30.0 Å². The van der Waals surface area contributed by atoms with Crippen LogP contribution in [0.5, 0.6) is 11.5 Å². The lowest BCUT2D eigenvalue weighted by Crippen LogP contribution is -2.35. The number of hydrogen-bond acceptors (Lipinski definition) is 4. The lowest BCUT2D eigenvalue weighted by atomic mass is 10.1. The fraction of sp³-hybridized carbons (Fsp3) is 0.632. The first kappa shape index (κ1) is 19.5. The van der Waals surface area contributed by atoms with Crippen LogP contribution in [-0.2, 0) is 0 Å². The molecule has 6 heteroatoms. The quantitative estimate of drug-likeness (QED) is 0.675. The molecule has 0 aromatic heterocycles. The third-order valence-corrected chi connectivity index (χ3v) is 4.58. The molecule has 1 saturated heterocycles.